The van der Waals surface area contributed by atoms with Gasteiger partial charge in [0.2, 0.25) is 10.0 Å². The van der Waals surface area contributed by atoms with Crippen molar-refractivity contribution in [2.24, 2.45) is 11.1 Å². The predicted octanol–water partition coefficient (Wildman–Crippen LogP) is 2.53. The minimum Gasteiger partial charge on any atom is -0.326 e. The first-order valence-electron chi connectivity index (χ1n) is 5.88. The Hall–Kier alpha value is -0.330. The molecule has 4 nitrogen and oxygen atoms in total. The molecule has 1 saturated carbocycles. The Bertz CT molecular complexity index is 614. The van der Waals surface area contributed by atoms with Gasteiger partial charge in [0, 0.05) is 17.6 Å². The molecule has 19 heavy (non-hydrogen) atoms. The maximum atomic E-state index is 12.3. The summed E-state index contributed by atoms with van der Waals surface area (Å²) in [5, 5.41) is 0.443. The third-order valence-corrected chi connectivity index (χ3v) is 5.67. The van der Waals surface area contributed by atoms with Crippen molar-refractivity contribution in [2.75, 3.05) is 0 Å². The van der Waals surface area contributed by atoms with E-state index in [9.17, 15) is 8.42 Å². The number of nitrogens with one attached hydrogen (secondary N) is 1. The van der Waals surface area contributed by atoms with Crippen molar-refractivity contribution < 1.29 is 8.42 Å². The lowest BCUT2D eigenvalue weighted by atomic mass is 10.2. The van der Waals surface area contributed by atoms with E-state index in [0.29, 0.717) is 10.6 Å². The van der Waals surface area contributed by atoms with Crippen LogP contribution in [0.2, 0.25) is 10.0 Å². The van der Waals surface area contributed by atoms with Crippen molar-refractivity contribution in [3.8, 4) is 0 Å². The molecule has 1 atom stereocenters. The van der Waals surface area contributed by atoms with E-state index in [0.717, 1.165) is 6.42 Å². The second-order valence-electron chi connectivity index (χ2n) is 5.45. The number of rotatable bonds is 4. The van der Waals surface area contributed by atoms with Crippen LogP contribution in [0, 0.1) is 5.41 Å². The topological polar surface area (TPSA) is 72.2 Å². The Kier molecular flexibility index (Phi) is 3.88. The summed E-state index contributed by atoms with van der Waals surface area (Å²) >= 11 is 12.0. The van der Waals surface area contributed by atoms with Gasteiger partial charge in [-0.05, 0) is 29.5 Å². The summed E-state index contributed by atoms with van der Waals surface area (Å²) in [6.07, 6.45) is 0.814. The lowest BCUT2D eigenvalue weighted by Gasteiger charge is -2.12. The highest BCUT2D eigenvalue weighted by atomic mass is 35.5. The molecule has 3 N–H and O–H groups in total. The zero-order valence-electron chi connectivity index (χ0n) is 10.7. The molecular formula is C12H16Cl2N2O2S. The van der Waals surface area contributed by atoms with Gasteiger partial charge >= 0.3 is 0 Å². The van der Waals surface area contributed by atoms with E-state index in [-0.39, 0.29) is 27.9 Å². The molecule has 0 spiro atoms. The zero-order chi connectivity index (χ0) is 14.4. The smallest absolute Gasteiger partial charge is 0.242 e. The molecule has 0 aromatic heterocycles. The molecule has 1 aromatic carbocycles. The van der Waals surface area contributed by atoms with E-state index in [1.807, 2.05) is 13.8 Å². The number of sulfonamides is 1. The summed E-state index contributed by atoms with van der Waals surface area (Å²) in [5.74, 6) is 0. The molecule has 7 heteroatoms. The molecule has 1 unspecified atom stereocenters. The lowest BCUT2D eigenvalue weighted by Crippen LogP contribution is -2.29. The van der Waals surface area contributed by atoms with Crippen molar-refractivity contribution in [3.63, 3.8) is 0 Å². The quantitative estimate of drug-likeness (QED) is 0.894. The number of hydrogen-bond acceptors (Lipinski definition) is 3. The van der Waals surface area contributed by atoms with Crippen LogP contribution in [0.1, 0.15) is 25.8 Å². The van der Waals surface area contributed by atoms with Gasteiger partial charge < -0.3 is 5.73 Å². The first-order chi connectivity index (χ1) is 8.67. The standard InChI is InChI=1S/C12H16Cl2N2O2S/c1-12(2)5-10(12)16-19(17,18)9-4-8(13)3-7(6-15)11(9)14/h3-4,10,16H,5-6,15H2,1-2H3. The molecule has 0 heterocycles. The minimum absolute atomic E-state index is 0.00514. The van der Waals surface area contributed by atoms with E-state index in [4.69, 9.17) is 28.9 Å². The van der Waals surface area contributed by atoms with Gasteiger partial charge in [-0.15, -0.1) is 0 Å². The van der Waals surface area contributed by atoms with Crippen molar-refractivity contribution in [3.05, 3.63) is 27.7 Å². The first kappa shape index (κ1) is 15.1. The predicted molar refractivity (Wildman–Crippen MR) is 76.9 cm³/mol. The van der Waals surface area contributed by atoms with E-state index in [1.54, 1.807) is 6.07 Å². The van der Waals surface area contributed by atoms with E-state index >= 15 is 0 Å². The van der Waals surface area contributed by atoms with E-state index in [1.165, 1.54) is 6.07 Å². The molecule has 0 bridgehead atoms. The summed E-state index contributed by atoms with van der Waals surface area (Å²) in [4.78, 5) is -0.00943. The number of hydrogen-bond donors (Lipinski definition) is 2. The average Bonchev–Trinajstić information content (AvgIpc) is 2.87. The number of nitrogens with two attached hydrogens (primary N) is 1. The fourth-order valence-electron chi connectivity index (χ4n) is 1.88. The van der Waals surface area contributed by atoms with Crippen molar-refractivity contribution >= 4 is 33.2 Å². The van der Waals surface area contributed by atoms with Crippen LogP contribution in [0.15, 0.2) is 17.0 Å². The van der Waals surface area contributed by atoms with Gasteiger partial charge in [0.05, 0.1) is 5.02 Å². The van der Waals surface area contributed by atoms with Crippen LogP contribution in [0.4, 0.5) is 0 Å². The van der Waals surface area contributed by atoms with Crippen molar-refractivity contribution in [1.29, 1.82) is 0 Å². The monoisotopic (exact) mass is 322 g/mol. The summed E-state index contributed by atoms with van der Waals surface area (Å²) in [6.45, 7) is 4.15. The highest BCUT2D eigenvalue weighted by molar-refractivity contribution is 7.89. The fraction of sp³-hybridized carbons (Fsp3) is 0.500. The second-order valence-corrected chi connectivity index (χ2v) is 7.94. The highest BCUT2D eigenvalue weighted by Gasteiger charge is 2.48. The van der Waals surface area contributed by atoms with Crippen LogP contribution in [-0.4, -0.2) is 14.5 Å². The SMILES string of the molecule is CC1(C)CC1NS(=O)(=O)c1cc(Cl)cc(CN)c1Cl. The van der Waals surface area contributed by atoms with Crippen LogP contribution in [-0.2, 0) is 16.6 Å². The number of benzene rings is 1. The van der Waals surface area contributed by atoms with Crippen LogP contribution < -0.4 is 10.5 Å². The Morgan fingerprint density at radius 2 is 2.00 bits per heavy atom. The Morgan fingerprint density at radius 1 is 1.42 bits per heavy atom. The molecule has 1 aliphatic rings. The molecule has 0 saturated heterocycles. The molecule has 1 fully saturated rings. The molecule has 106 valence electrons. The lowest BCUT2D eigenvalue weighted by molar-refractivity contribution is 0.555. The van der Waals surface area contributed by atoms with Gasteiger partial charge in [-0.25, -0.2) is 13.1 Å². The minimum atomic E-state index is -3.68. The first-order valence-corrected chi connectivity index (χ1v) is 8.11. The van der Waals surface area contributed by atoms with Gasteiger partial charge in [0.1, 0.15) is 4.90 Å². The number of halogens is 2. The van der Waals surface area contributed by atoms with E-state index in [2.05, 4.69) is 4.72 Å². The van der Waals surface area contributed by atoms with E-state index < -0.39 is 10.0 Å². The Balaban J connectivity index is 2.38. The largest absolute Gasteiger partial charge is 0.326 e. The van der Waals surface area contributed by atoms with Crippen LogP contribution >= 0.6 is 23.2 Å². The third-order valence-electron chi connectivity index (χ3n) is 3.40. The second kappa shape index (κ2) is 4.90. The highest BCUT2D eigenvalue weighted by Crippen LogP contribution is 2.45. The molecular weight excluding hydrogens is 307 g/mol. The molecule has 0 aliphatic heterocycles. The fourth-order valence-corrected chi connectivity index (χ4v) is 4.23. The van der Waals surface area contributed by atoms with Gasteiger partial charge in [-0.2, -0.15) is 0 Å². The summed E-state index contributed by atoms with van der Waals surface area (Å²) in [5.41, 5.74) is 6.04. The molecule has 1 aliphatic carbocycles. The maximum absolute atomic E-state index is 12.3. The summed E-state index contributed by atoms with van der Waals surface area (Å²) in [6, 6.07) is 2.86. The van der Waals surface area contributed by atoms with Gasteiger partial charge in [0.25, 0.3) is 0 Å². The third kappa shape index (κ3) is 3.06. The molecule has 0 radical (unpaired) electrons. The van der Waals surface area contributed by atoms with Crippen molar-refractivity contribution in [2.45, 2.75) is 37.8 Å². The summed E-state index contributed by atoms with van der Waals surface area (Å²) in [7, 11) is -3.68. The van der Waals surface area contributed by atoms with Crippen LogP contribution in [0.25, 0.3) is 0 Å². The molecule has 0 amide bonds. The Morgan fingerprint density at radius 3 is 2.47 bits per heavy atom. The molecule has 1 aromatic rings. The van der Waals surface area contributed by atoms with Gasteiger partial charge in [-0.1, -0.05) is 37.0 Å². The van der Waals surface area contributed by atoms with Gasteiger partial charge in [0.15, 0.2) is 0 Å². The Labute approximate surface area is 123 Å². The normalized spacial score (nSPS) is 21.4. The van der Waals surface area contributed by atoms with Crippen LogP contribution in [0.3, 0.4) is 0 Å². The van der Waals surface area contributed by atoms with Crippen molar-refractivity contribution in [1.82, 2.24) is 4.72 Å². The zero-order valence-corrected chi connectivity index (χ0v) is 13.0. The van der Waals surface area contributed by atoms with Crippen LogP contribution in [0.5, 0.6) is 0 Å². The summed E-state index contributed by atoms with van der Waals surface area (Å²) < 4.78 is 27.3. The molecule has 2 rings (SSSR count). The maximum Gasteiger partial charge on any atom is 0.242 e. The average molecular weight is 323 g/mol. The van der Waals surface area contributed by atoms with Gasteiger partial charge in [-0.3, -0.25) is 0 Å².